The van der Waals surface area contributed by atoms with Crippen LogP contribution < -0.4 is 0 Å². The molecule has 140 valence electrons. The third-order valence-corrected chi connectivity index (χ3v) is 4.17. The van der Waals surface area contributed by atoms with Crippen LogP contribution in [-0.2, 0) is 6.54 Å². The predicted octanol–water partition coefficient (Wildman–Crippen LogP) is 3.83. The largest absolute Gasteiger partial charge is 0.506 e. The minimum Gasteiger partial charge on any atom is -0.506 e. The fourth-order valence-corrected chi connectivity index (χ4v) is 3.01. The number of aromatic hydroxyl groups is 1. The number of phenols is 1. The van der Waals surface area contributed by atoms with Crippen molar-refractivity contribution in [3.05, 3.63) is 27.7 Å². The van der Waals surface area contributed by atoms with Crippen LogP contribution in [-0.4, -0.2) is 74.2 Å². The molecule has 0 atom stereocenters. The van der Waals surface area contributed by atoms with Gasteiger partial charge in [0.15, 0.2) is 0 Å². The van der Waals surface area contributed by atoms with E-state index in [1.54, 1.807) is 12.1 Å². The molecule has 1 aromatic carbocycles. The normalized spacial score (nSPS) is 11.4. The number of rotatable bonds is 10. The van der Waals surface area contributed by atoms with Gasteiger partial charge in [-0.05, 0) is 79.3 Å². The Bertz CT molecular complexity index is 470. The third-order valence-electron chi connectivity index (χ3n) is 3.66. The summed E-state index contributed by atoms with van der Waals surface area (Å²) in [5.74, 6) is 0.140. The van der Waals surface area contributed by atoms with Crippen LogP contribution in [0.15, 0.2) is 12.1 Å². The quantitative estimate of drug-likeness (QED) is 0.649. The summed E-state index contributed by atoms with van der Waals surface area (Å²) in [7, 11) is 8.33. The Hall–Kier alpha value is -0.230. The number of phenolic OH excluding ortho intramolecular Hbond substituents is 1. The molecule has 1 rings (SSSR count). The van der Waals surface area contributed by atoms with E-state index < -0.39 is 0 Å². The van der Waals surface area contributed by atoms with Crippen molar-refractivity contribution in [1.82, 2.24) is 14.7 Å². The minimum atomic E-state index is 0. The molecule has 0 heterocycles. The number of halogens is 3. The van der Waals surface area contributed by atoms with Gasteiger partial charge >= 0.3 is 0 Å². The van der Waals surface area contributed by atoms with Gasteiger partial charge in [0.1, 0.15) is 5.75 Å². The topological polar surface area (TPSA) is 30.0 Å². The summed E-state index contributed by atoms with van der Waals surface area (Å²) >= 11 is 12.1. The van der Waals surface area contributed by atoms with Crippen LogP contribution >= 0.6 is 35.6 Å². The van der Waals surface area contributed by atoms with Gasteiger partial charge in [-0.2, -0.15) is 0 Å². The van der Waals surface area contributed by atoms with E-state index >= 15 is 0 Å². The van der Waals surface area contributed by atoms with Crippen LogP contribution in [0.4, 0.5) is 0 Å². The lowest BCUT2D eigenvalue weighted by atomic mass is 10.1. The first-order chi connectivity index (χ1) is 10.8. The van der Waals surface area contributed by atoms with Gasteiger partial charge in [-0.3, -0.25) is 4.90 Å². The fraction of sp³-hybridized carbons (Fsp3) is 0.647. The van der Waals surface area contributed by atoms with E-state index in [0.717, 1.165) is 44.6 Å². The first-order valence-corrected chi connectivity index (χ1v) is 8.74. The van der Waals surface area contributed by atoms with Gasteiger partial charge in [0, 0.05) is 17.1 Å². The van der Waals surface area contributed by atoms with Gasteiger partial charge in [0.2, 0.25) is 0 Å². The molecule has 0 spiro atoms. The number of hydrogen-bond acceptors (Lipinski definition) is 4. The second kappa shape index (κ2) is 12.2. The molecule has 0 aromatic heterocycles. The van der Waals surface area contributed by atoms with Crippen LogP contribution in [0, 0.1) is 0 Å². The van der Waals surface area contributed by atoms with Crippen molar-refractivity contribution < 1.29 is 5.11 Å². The van der Waals surface area contributed by atoms with Crippen LogP contribution in [0.5, 0.6) is 5.75 Å². The van der Waals surface area contributed by atoms with Gasteiger partial charge in [0.25, 0.3) is 0 Å². The lowest BCUT2D eigenvalue weighted by Crippen LogP contribution is -2.30. The SMILES string of the molecule is CN(C)CCCN(CCCN(C)C)Cc1cc(Cl)cc(Cl)c1O.Cl. The zero-order valence-electron chi connectivity index (χ0n) is 15.1. The molecule has 0 fully saturated rings. The van der Waals surface area contributed by atoms with E-state index in [0.29, 0.717) is 16.6 Å². The Balaban J connectivity index is 0.00000529. The van der Waals surface area contributed by atoms with Crippen LogP contribution in [0.1, 0.15) is 18.4 Å². The molecule has 0 unspecified atom stereocenters. The molecule has 0 saturated heterocycles. The third kappa shape index (κ3) is 9.30. The summed E-state index contributed by atoms with van der Waals surface area (Å²) in [4.78, 5) is 6.73. The minimum absolute atomic E-state index is 0. The van der Waals surface area contributed by atoms with E-state index in [1.807, 2.05) is 0 Å². The highest BCUT2D eigenvalue weighted by atomic mass is 35.5. The second-order valence-corrected chi connectivity index (χ2v) is 7.33. The molecule has 4 nitrogen and oxygen atoms in total. The molecule has 24 heavy (non-hydrogen) atoms. The van der Waals surface area contributed by atoms with Crippen molar-refractivity contribution in [2.45, 2.75) is 19.4 Å². The maximum atomic E-state index is 10.2. The van der Waals surface area contributed by atoms with Crippen molar-refractivity contribution in [3.63, 3.8) is 0 Å². The van der Waals surface area contributed by atoms with Crippen molar-refractivity contribution in [2.75, 3.05) is 54.4 Å². The molecule has 0 radical (unpaired) electrons. The molecule has 0 saturated carbocycles. The monoisotopic (exact) mass is 397 g/mol. The fourth-order valence-electron chi connectivity index (χ4n) is 2.47. The van der Waals surface area contributed by atoms with Crippen molar-refractivity contribution in [3.8, 4) is 5.75 Å². The molecule has 0 aliphatic carbocycles. The van der Waals surface area contributed by atoms with Gasteiger partial charge < -0.3 is 14.9 Å². The van der Waals surface area contributed by atoms with Gasteiger partial charge in [-0.1, -0.05) is 23.2 Å². The maximum Gasteiger partial charge on any atom is 0.138 e. The molecule has 1 aromatic rings. The summed E-state index contributed by atoms with van der Waals surface area (Å²) in [6.07, 6.45) is 2.17. The highest BCUT2D eigenvalue weighted by Gasteiger charge is 2.13. The average Bonchev–Trinajstić information content (AvgIpc) is 2.43. The molecule has 1 N–H and O–H groups in total. The highest BCUT2D eigenvalue weighted by Crippen LogP contribution is 2.32. The number of hydrogen-bond donors (Lipinski definition) is 1. The summed E-state index contributed by atoms with van der Waals surface area (Å²) < 4.78 is 0. The van der Waals surface area contributed by atoms with E-state index in [-0.39, 0.29) is 18.2 Å². The standard InChI is InChI=1S/C17H29Cl2N3O.ClH/c1-20(2)7-5-9-22(10-6-8-21(3)4)13-14-11-15(18)12-16(19)17(14)23;/h11-12,23H,5-10,13H2,1-4H3;1H. The Morgan fingerprint density at radius 1 is 0.875 bits per heavy atom. The maximum absolute atomic E-state index is 10.2. The van der Waals surface area contributed by atoms with Gasteiger partial charge in [-0.25, -0.2) is 0 Å². The van der Waals surface area contributed by atoms with E-state index in [2.05, 4.69) is 42.9 Å². The Labute approximate surface area is 162 Å². The molecular formula is C17H30Cl3N3O. The predicted molar refractivity (Wildman–Crippen MR) is 107 cm³/mol. The molecule has 7 heteroatoms. The van der Waals surface area contributed by atoms with E-state index in [9.17, 15) is 5.11 Å². The Morgan fingerprint density at radius 2 is 1.38 bits per heavy atom. The van der Waals surface area contributed by atoms with Crippen molar-refractivity contribution >= 4 is 35.6 Å². The lowest BCUT2D eigenvalue weighted by Gasteiger charge is -2.24. The van der Waals surface area contributed by atoms with E-state index in [1.165, 1.54) is 0 Å². The Kier molecular flexibility index (Phi) is 12.1. The zero-order chi connectivity index (χ0) is 17.4. The molecule has 0 aliphatic heterocycles. The number of nitrogens with zero attached hydrogens (tertiary/aromatic N) is 3. The molecule has 0 aliphatic rings. The molecule has 0 amide bonds. The van der Waals surface area contributed by atoms with Crippen LogP contribution in [0.25, 0.3) is 0 Å². The second-order valence-electron chi connectivity index (χ2n) is 6.49. The first kappa shape index (κ1) is 23.8. The van der Waals surface area contributed by atoms with Crippen LogP contribution in [0.2, 0.25) is 10.0 Å². The summed E-state index contributed by atoms with van der Waals surface area (Å²) in [5, 5.41) is 11.0. The average molecular weight is 399 g/mol. The summed E-state index contributed by atoms with van der Waals surface area (Å²) in [5.41, 5.74) is 0.789. The molecule has 0 bridgehead atoms. The highest BCUT2D eigenvalue weighted by molar-refractivity contribution is 6.35. The smallest absolute Gasteiger partial charge is 0.138 e. The summed E-state index contributed by atoms with van der Waals surface area (Å²) in [6.45, 7) is 4.72. The van der Waals surface area contributed by atoms with E-state index in [4.69, 9.17) is 23.2 Å². The van der Waals surface area contributed by atoms with Gasteiger partial charge in [-0.15, -0.1) is 12.4 Å². The van der Waals surface area contributed by atoms with Crippen molar-refractivity contribution in [1.29, 1.82) is 0 Å². The molecular weight excluding hydrogens is 369 g/mol. The lowest BCUT2D eigenvalue weighted by molar-refractivity contribution is 0.231. The number of benzene rings is 1. The first-order valence-electron chi connectivity index (χ1n) is 7.98. The zero-order valence-corrected chi connectivity index (χ0v) is 17.4. The van der Waals surface area contributed by atoms with Crippen molar-refractivity contribution in [2.24, 2.45) is 0 Å². The van der Waals surface area contributed by atoms with Crippen LogP contribution in [0.3, 0.4) is 0 Å². The summed E-state index contributed by atoms with van der Waals surface area (Å²) in [6, 6.07) is 3.37. The van der Waals surface area contributed by atoms with Gasteiger partial charge in [0.05, 0.1) is 5.02 Å². The Morgan fingerprint density at radius 3 is 1.83 bits per heavy atom.